The number of alkyl halides is 3. The average molecular weight is 483 g/mol. The third-order valence-electron chi connectivity index (χ3n) is 5.11. The van der Waals surface area contributed by atoms with Crippen molar-refractivity contribution in [1.29, 1.82) is 0 Å². The van der Waals surface area contributed by atoms with Crippen molar-refractivity contribution in [2.75, 3.05) is 27.7 Å². The highest BCUT2D eigenvalue weighted by Crippen LogP contribution is 2.44. The van der Waals surface area contributed by atoms with Crippen LogP contribution in [0.4, 0.5) is 13.2 Å². The number of likely N-dealkylation sites (N-methyl/N-ethyl adjacent to an activating group) is 1. The van der Waals surface area contributed by atoms with Gasteiger partial charge in [-0.2, -0.15) is 18.3 Å². The molecule has 0 spiro atoms. The number of halogens is 3. The Kier molecular flexibility index (Phi) is 6.87. The third kappa shape index (κ3) is 5.21. The molecule has 3 aromatic rings. The zero-order chi connectivity index (χ0) is 24.6. The molecule has 0 aliphatic carbocycles. The molecule has 3 rings (SSSR count). The lowest BCUT2D eigenvalue weighted by Gasteiger charge is -2.16. The molecule has 2 N–H and O–H groups in total. The molecule has 1 aromatic heterocycles. The Bertz CT molecular complexity index is 1270. The van der Waals surface area contributed by atoms with Gasteiger partial charge in [0.1, 0.15) is 11.4 Å². The van der Waals surface area contributed by atoms with E-state index in [1.54, 1.807) is 38.1 Å². The van der Waals surface area contributed by atoms with E-state index in [1.807, 2.05) is 0 Å². The van der Waals surface area contributed by atoms with Crippen molar-refractivity contribution in [3.8, 4) is 28.1 Å². The van der Waals surface area contributed by atoms with E-state index in [0.29, 0.717) is 17.9 Å². The number of rotatable bonds is 7. The monoisotopic (exact) mass is 482 g/mol. The topological polar surface area (TPSA) is 90.5 Å². The molecule has 33 heavy (non-hydrogen) atoms. The summed E-state index contributed by atoms with van der Waals surface area (Å²) in [5.41, 5.74) is -0.449. The summed E-state index contributed by atoms with van der Waals surface area (Å²) in [5.74, 6) is 0.513. The lowest BCUT2D eigenvalue weighted by atomic mass is 9.97. The maximum atomic E-state index is 14.4. The predicted molar refractivity (Wildman–Crippen MR) is 119 cm³/mol. The molecule has 0 bridgehead atoms. The number of nitrogens with zero attached hydrogens (tertiary/aromatic N) is 3. The molecule has 7 nitrogen and oxygen atoms in total. The first-order valence-corrected chi connectivity index (χ1v) is 11.5. The summed E-state index contributed by atoms with van der Waals surface area (Å²) < 4.78 is 73.7. The Hall–Kier alpha value is -2.89. The molecule has 0 unspecified atom stereocenters. The highest BCUT2D eigenvalue weighted by atomic mass is 32.2. The lowest BCUT2D eigenvalue weighted by molar-refractivity contribution is -0.143. The summed E-state index contributed by atoms with van der Waals surface area (Å²) in [7, 11) is 0.721. The first kappa shape index (κ1) is 24.7. The predicted octanol–water partition coefficient (Wildman–Crippen LogP) is 3.76. The van der Waals surface area contributed by atoms with Gasteiger partial charge in [-0.1, -0.05) is 24.3 Å². The van der Waals surface area contributed by atoms with Crippen molar-refractivity contribution in [2.45, 2.75) is 24.5 Å². The highest BCUT2D eigenvalue weighted by molar-refractivity contribution is 7.89. The molecule has 0 aliphatic heterocycles. The van der Waals surface area contributed by atoms with Crippen LogP contribution in [0.15, 0.2) is 47.4 Å². The maximum absolute atomic E-state index is 14.4. The van der Waals surface area contributed by atoms with Gasteiger partial charge in [0, 0.05) is 17.7 Å². The van der Waals surface area contributed by atoms with Crippen LogP contribution in [0, 0.1) is 6.92 Å². The van der Waals surface area contributed by atoms with Crippen LogP contribution in [0.3, 0.4) is 0 Å². The highest BCUT2D eigenvalue weighted by Gasteiger charge is 2.41. The Labute approximate surface area is 190 Å². The van der Waals surface area contributed by atoms with Crippen molar-refractivity contribution < 1.29 is 26.3 Å². The summed E-state index contributed by atoms with van der Waals surface area (Å²) in [6.07, 6.45) is -4.75. The maximum Gasteiger partial charge on any atom is 0.433 e. The summed E-state index contributed by atoms with van der Waals surface area (Å²) in [5, 5.41) is 9.63. The first-order chi connectivity index (χ1) is 15.3. The van der Waals surface area contributed by atoms with Gasteiger partial charge in [-0.05, 0) is 50.3 Å². The van der Waals surface area contributed by atoms with Crippen LogP contribution in [0.25, 0.3) is 22.4 Å². The number of methoxy groups -OCH3 is 1. The van der Waals surface area contributed by atoms with E-state index in [9.17, 15) is 21.6 Å². The summed E-state index contributed by atoms with van der Waals surface area (Å²) in [6, 6.07) is 10.3. The number of hydrogen-bond donors (Lipinski definition) is 1. The molecule has 0 fully saturated rings. The Morgan fingerprint density at radius 3 is 2.36 bits per heavy atom. The van der Waals surface area contributed by atoms with Gasteiger partial charge in [-0.3, -0.25) is 4.68 Å². The van der Waals surface area contributed by atoms with Gasteiger partial charge in [0.05, 0.1) is 18.6 Å². The van der Waals surface area contributed by atoms with Gasteiger partial charge >= 0.3 is 6.18 Å². The van der Waals surface area contributed by atoms with Crippen molar-refractivity contribution in [2.24, 2.45) is 5.14 Å². The van der Waals surface area contributed by atoms with E-state index in [1.165, 1.54) is 37.4 Å². The fraction of sp³-hybridized carbons (Fsp3) is 0.318. The van der Waals surface area contributed by atoms with E-state index in [0.717, 1.165) is 4.68 Å². The SMILES string of the molecule is COc1ccc(-c2c(-c3ccccc3S(N)(=O)=O)nn(CCN(C)C)c2C(F)(F)F)cc1C. The molecule has 0 saturated heterocycles. The van der Waals surface area contributed by atoms with E-state index in [-0.39, 0.29) is 33.8 Å². The van der Waals surface area contributed by atoms with Crippen LogP contribution in [-0.4, -0.2) is 50.8 Å². The van der Waals surface area contributed by atoms with Crippen LogP contribution in [0.5, 0.6) is 5.75 Å². The number of primary sulfonamides is 1. The quantitative estimate of drug-likeness (QED) is 0.554. The van der Waals surface area contributed by atoms with E-state index < -0.39 is 21.9 Å². The molecule has 178 valence electrons. The minimum Gasteiger partial charge on any atom is -0.496 e. The van der Waals surface area contributed by atoms with Gasteiger partial charge in [0.15, 0.2) is 5.69 Å². The number of aryl methyl sites for hydroxylation is 1. The number of benzene rings is 2. The smallest absolute Gasteiger partial charge is 0.433 e. The molecule has 11 heteroatoms. The number of sulfonamides is 1. The molecule has 0 saturated carbocycles. The number of hydrogen-bond acceptors (Lipinski definition) is 5. The minimum absolute atomic E-state index is 0.00225. The molecule has 0 atom stereocenters. The van der Waals surface area contributed by atoms with Gasteiger partial charge < -0.3 is 9.64 Å². The Morgan fingerprint density at radius 1 is 1.15 bits per heavy atom. The number of ether oxygens (including phenoxy) is 1. The van der Waals surface area contributed by atoms with Crippen LogP contribution in [0.1, 0.15) is 11.3 Å². The van der Waals surface area contributed by atoms with Gasteiger partial charge in [0.25, 0.3) is 0 Å². The summed E-state index contributed by atoms with van der Waals surface area (Å²) in [6.45, 7) is 1.95. The van der Waals surface area contributed by atoms with Crippen LogP contribution in [-0.2, 0) is 22.7 Å². The zero-order valence-corrected chi connectivity index (χ0v) is 19.5. The summed E-state index contributed by atoms with van der Waals surface area (Å²) in [4.78, 5) is 1.43. The fourth-order valence-corrected chi connectivity index (χ4v) is 4.35. The normalized spacial score (nSPS) is 12.4. The van der Waals surface area contributed by atoms with Crippen molar-refractivity contribution in [1.82, 2.24) is 14.7 Å². The van der Waals surface area contributed by atoms with E-state index in [2.05, 4.69) is 5.10 Å². The molecule has 0 aliphatic rings. The third-order valence-corrected chi connectivity index (χ3v) is 6.08. The van der Waals surface area contributed by atoms with Crippen LogP contribution >= 0.6 is 0 Å². The van der Waals surface area contributed by atoms with E-state index >= 15 is 0 Å². The fourth-order valence-electron chi connectivity index (χ4n) is 3.61. The number of aromatic nitrogens is 2. The van der Waals surface area contributed by atoms with Crippen LogP contribution < -0.4 is 9.88 Å². The lowest BCUT2D eigenvalue weighted by Crippen LogP contribution is -2.23. The molecule has 1 heterocycles. The van der Waals surface area contributed by atoms with Crippen molar-refractivity contribution in [3.63, 3.8) is 0 Å². The van der Waals surface area contributed by atoms with Crippen molar-refractivity contribution in [3.05, 3.63) is 53.7 Å². The Morgan fingerprint density at radius 2 is 1.82 bits per heavy atom. The minimum atomic E-state index is -4.75. The average Bonchev–Trinajstić information content (AvgIpc) is 3.11. The summed E-state index contributed by atoms with van der Waals surface area (Å²) >= 11 is 0. The van der Waals surface area contributed by atoms with E-state index in [4.69, 9.17) is 9.88 Å². The molecular weight excluding hydrogens is 457 g/mol. The second-order valence-electron chi connectivity index (χ2n) is 7.82. The van der Waals surface area contributed by atoms with Gasteiger partial charge in [-0.25, -0.2) is 13.6 Å². The largest absolute Gasteiger partial charge is 0.496 e. The van der Waals surface area contributed by atoms with Crippen molar-refractivity contribution >= 4 is 10.0 Å². The first-order valence-electron chi connectivity index (χ1n) is 9.94. The number of nitrogens with two attached hydrogens (primary N) is 1. The zero-order valence-electron chi connectivity index (χ0n) is 18.6. The molecular formula is C22H25F3N4O3S. The Balaban J connectivity index is 2.42. The molecule has 0 radical (unpaired) electrons. The van der Waals surface area contributed by atoms with Crippen LogP contribution in [0.2, 0.25) is 0 Å². The molecule has 0 amide bonds. The second kappa shape index (κ2) is 9.16. The second-order valence-corrected chi connectivity index (χ2v) is 9.35. The van der Waals surface area contributed by atoms with Gasteiger partial charge in [0.2, 0.25) is 10.0 Å². The standard InChI is InChI=1S/C22H25F3N4O3S/c1-14-13-15(9-10-17(14)32-4)19-20(16-7-5-6-8-18(16)33(26,30)31)27-29(12-11-28(2)3)21(19)22(23,24)25/h5-10,13H,11-12H2,1-4H3,(H2,26,30,31). The molecule has 2 aromatic carbocycles. The van der Waals surface area contributed by atoms with Gasteiger partial charge in [-0.15, -0.1) is 0 Å².